The number of nitrogens with zero attached hydrogens (tertiary/aromatic N) is 2. The van der Waals surface area contributed by atoms with Crippen molar-refractivity contribution < 1.29 is 9.26 Å². The van der Waals surface area contributed by atoms with Crippen LogP contribution in [0.3, 0.4) is 0 Å². The molecular weight excluding hydrogens is 252 g/mol. The molecule has 2 rings (SSSR count). The van der Waals surface area contributed by atoms with E-state index >= 15 is 0 Å². The number of ether oxygens (including phenoxy) is 1. The Morgan fingerprint density at radius 1 is 1.39 bits per heavy atom. The molecule has 1 aromatic heterocycles. The SMILES string of the molecule is CCCC(Cl)c1noc(-c2ccccc2OC)n1. The molecular formula is C13H15ClN2O2. The van der Waals surface area contributed by atoms with Gasteiger partial charge < -0.3 is 9.26 Å². The van der Waals surface area contributed by atoms with Gasteiger partial charge in [-0.05, 0) is 18.6 Å². The number of hydrogen-bond acceptors (Lipinski definition) is 4. The number of alkyl halides is 1. The summed E-state index contributed by atoms with van der Waals surface area (Å²) < 4.78 is 10.5. The number of methoxy groups -OCH3 is 1. The summed E-state index contributed by atoms with van der Waals surface area (Å²) in [6.07, 6.45) is 1.80. The van der Waals surface area contributed by atoms with E-state index in [-0.39, 0.29) is 5.38 Å². The van der Waals surface area contributed by atoms with Crippen molar-refractivity contribution >= 4 is 11.6 Å². The normalized spacial score (nSPS) is 12.4. The van der Waals surface area contributed by atoms with Crippen LogP contribution in [-0.4, -0.2) is 17.3 Å². The van der Waals surface area contributed by atoms with Crippen molar-refractivity contribution in [1.29, 1.82) is 0 Å². The molecule has 0 aliphatic heterocycles. The molecule has 96 valence electrons. The first-order chi connectivity index (χ1) is 8.76. The highest BCUT2D eigenvalue weighted by atomic mass is 35.5. The van der Waals surface area contributed by atoms with Crippen molar-refractivity contribution in [3.05, 3.63) is 30.1 Å². The van der Waals surface area contributed by atoms with Crippen molar-refractivity contribution in [2.24, 2.45) is 0 Å². The molecule has 0 spiro atoms. The van der Waals surface area contributed by atoms with Gasteiger partial charge in [-0.25, -0.2) is 0 Å². The molecule has 1 atom stereocenters. The van der Waals surface area contributed by atoms with Crippen LogP contribution in [-0.2, 0) is 0 Å². The fraction of sp³-hybridized carbons (Fsp3) is 0.385. The summed E-state index contributed by atoms with van der Waals surface area (Å²) in [6, 6.07) is 7.51. The van der Waals surface area contributed by atoms with Gasteiger partial charge in [0, 0.05) is 0 Å². The molecule has 1 unspecified atom stereocenters. The zero-order valence-electron chi connectivity index (χ0n) is 10.4. The highest BCUT2D eigenvalue weighted by molar-refractivity contribution is 6.20. The lowest BCUT2D eigenvalue weighted by Crippen LogP contribution is -1.93. The first kappa shape index (κ1) is 12.9. The molecule has 5 heteroatoms. The topological polar surface area (TPSA) is 48.2 Å². The van der Waals surface area contributed by atoms with Crippen molar-refractivity contribution in [2.75, 3.05) is 7.11 Å². The second-order valence-corrected chi connectivity index (χ2v) is 4.44. The van der Waals surface area contributed by atoms with E-state index in [9.17, 15) is 0 Å². The van der Waals surface area contributed by atoms with Crippen LogP contribution in [0.25, 0.3) is 11.5 Å². The molecule has 0 aliphatic rings. The van der Waals surface area contributed by atoms with Crippen LogP contribution < -0.4 is 4.74 Å². The van der Waals surface area contributed by atoms with E-state index in [1.807, 2.05) is 24.3 Å². The summed E-state index contributed by atoms with van der Waals surface area (Å²) in [4.78, 5) is 4.32. The molecule has 0 saturated heterocycles. The quantitative estimate of drug-likeness (QED) is 0.772. The predicted molar refractivity (Wildman–Crippen MR) is 69.8 cm³/mol. The number of halogens is 1. The highest BCUT2D eigenvalue weighted by Gasteiger charge is 2.17. The number of para-hydroxylation sites is 1. The summed E-state index contributed by atoms with van der Waals surface area (Å²) >= 11 is 6.16. The zero-order chi connectivity index (χ0) is 13.0. The van der Waals surface area contributed by atoms with Crippen LogP contribution in [0.2, 0.25) is 0 Å². The second kappa shape index (κ2) is 5.87. The smallest absolute Gasteiger partial charge is 0.261 e. The van der Waals surface area contributed by atoms with E-state index in [1.165, 1.54) is 0 Å². The Bertz CT molecular complexity index is 513. The molecule has 0 aliphatic carbocycles. The van der Waals surface area contributed by atoms with Gasteiger partial charge in [0.05, 0.1) is 18.1 Å². The first-order valence-corrected chi connectivity index (χ1v) is 6.31. The summed E-state index contributed by atoms with van der Waals surface area (Å²) in [6.45, 7) is 2.07. The Hall–Kier alpha value is -1.55. The monoisotopic (exact) mass is 266 g/mol. The molecule has 0 N–H and O–H groups in total. The van der Waals surface area contributed by atoms with Crippen LogP contribution in [0.5, 0.6) is 5.75 Å². The lowest BCUT2D eigenvalue weighted by molar-refractivity contribution is 0.402. The van der Waals surface area contributed by atoms with E-state index in [0.717, 1.165) is 18.4 Å². The fourth-order valence-corrected chi connectivity index (χ4v) is 1.98. The molecule has 18 heavy (non-hydrogen) atoms. The minimum atomic E-state index is -0.206. The third kappa shape index (κ3) is 2.64. The molecule has 1 aromatic carbocycles. The van der Waals surface area contributed by atoms with E-state index in [4.69, 9.17) is 20.9 Å². The van der Waals surface area contributed by atoms with Gasteiger partial charge in [-0.3, -0.25) is 0 Å². The molecule has 0 bridgehead atoms. The lowest BCUT2D eigenvalue weighted by atomic mass is 10.2. The predicted octanol–water partition coefficient (Wildman–Crippen LogP) is 3.83. The average Bonchev–Trinajstić information content (AvgIpc) is 2.88. The number of aromatic nitrogens is 2. The van der Waals surface area contributed by atoms with E-state index in [2.05, 4.69) is 17.1 Å². The maximum absolute atomic E-state index is 6.16. The van der Waals surface area contributed by atoms with Gasteiger partial charge >= 0.3 is 0 Å². The summed E-state index contributed by atoms with van der Waals surface area (Å²) in [5.74, 6) is 1.66. The molecule has 0 radical (unpaired) electrons. The minimum absolute atomic E-state index is 0.206. The first-order valence-electron chi connectivity index (χ1n) is 5.87. The Morgan fingerprint density at radius 3 is 2.89 bits per heavy atom. The standard InChI is InChI=1S/C13H15ClN2O2/c1-3-6-10(14)12-15-13(18-16-12)9-7-4-5-8-11(9)17-2/h4-5,7-8,10H,3,6H2,1-2H3. The van der Waals surface area contributed by atoms with Crippen molar-refractivity contribution in [2.45, 2.75) is 25.1 Å². The highest BCUT2D eigenvalue weighted by Crippen LogP contribution is 2.30. The molecule has 0 amide bonds. The molecule has 1 heterocycles. The van der Waals surface area contributed by atoms with Crippen LogP contribution in [0, 0.1) is 0 Å². The van der Waals surface area contributed by atoms with Crippen LogP contribution in [0.4, 0.5) is 0 Å². The van der Waals surface area contributed by atoms with Gasteiger partial charge in [-0.1, -0.05) is 30.6 Å². The maximum atomic E-state index is 6.16. The van der Waals surface area contributed by atoms with E-state index in [1.54, 1.807) is 7.11 Å². The van der Waals surface area contributed by atoms with E-state index < -0.39 is 0 Å². The van der Waals surface area contributed by atoms with Crippen LogP contribution in [0.15, 0.2) is 28.8 Å². The number of benzene rings is 1. The fourth-order valence-electron chi connectivity index (χ4n) is 1.68. The molecule has 4 nitrogen and oxygen atoms in total. The third-order valence-electron chi connectivity index (χ3n) is 2.60. The third-order valence-corrected chi connectivity index (χ3v) is 3.01. The zero-order valence-corrected chi connectivity index (χ0v) is 11.1. The Kier molecular flexibility index (Phi) is 4.20. The van der Waals surface area contributed by atoms with E-state index in [0.29, 0.717) is 17.5 Å². The number of hydrogen-bond donors (Lipinski definition) is 0. The van der Waals surface area contributed by atoms with Gasteiger partial charge in [0.2, 0.25) is 0 Å². The molecule has 0 fully saturated rings. The van der Waals surface area contributed by atoms with Crippen molar-refractivity contribution in [3.63, 3.8) is 0 Å². The largest absolute Gasteiger partial charge is 0.496 e. The summed E-state index contributed by atoms with van der Waals surface area (Å²) in [7, 11) is 1.61. The number of rotatable bonds is 5. The lowest BCUT2D eigenvalue weighted by Gasteiger charge is -2.03. The van der Waals surface area contributed by atoms with Gasteiger partial charge in [-0.15, -0.1) is 11.6 Å². The van der Waals surface area contributed by atoms with Gasteiger partial charge in [-0.2, -0.15) is 4.98 Å². The van der Waals surface area contributed by atoms with Crippen molar-refractivity contribution in [1.82, 2.24) is 10.1 Å². The average molecular weight is 267 g/mol. The van der Waals surface area contributed by atoms with Crippen LogP contribution in [0.1, 0.15) is 31.0 Å². The Morgan fingerprint density at radius 2 is 2.17 bits per heavy atom. The van der Waals surface area contributed by atoms with Gasteiger partial charge in [0.15, 0.2) is 5.82 Å². The van der Waals surface area contributed by atoms with Gasteiger partial charge in [0.1, 0.15) is 5.75 Å². The minimum Gasteiger partial charge on any atom is -0.496 e. The second-order valence-electron chi connectivity index (χ2n) is 3.91. The van der Waals surface area contributed by atoms with Crippen molar-refractivity contribution in [3.8, 4) is 17.2 Å². The molecule has 2 aromatic rings. The Balaban J connectivity index is 2.29. The summed E-state index contributed by atoms with van der Waals surface area (Å²) in [5, 5.41) is 3.71. The maximum Gasteiger partial charge on any atom is 0.261 e. The van der Waals surface area contributed by atoms with Crippen LogP contribution >= 0.6 is 11.6 Å². The Labute approximate surface area is 111 Å². The molecule has 0 saturated carbocycles. The van der Waals surface area contributed by atoms with Gasteiger partial charge in [0.25, 0.3) is 5.89 Å². The summed E-state index contributed by atoms with van der Waals surface area (Å²) in [5.41, 5.74) is 0.777.